The van der Waals surface area contributed by atoms with Crippen LogP contribution in [0.2, 0.25) is 0 Å². The summed E-state index contributed by atoms with van der Waals surface area (Å²) in [6, 6.07) is 16.2. The number of hydrogen-bond donors (Lipinski definition) is 2. The lowest BCUT2D eigenvalue weighted by atomic mass is 10.1. The van der Waals surface area contributed by atoms with Crippen LogP contribution in [0.25, 0.3) is 0 Å². The van der Waals surface area contributed by atoms with Crippen molar-refractivity contribution in [2.45, 2.75) is 24.8 Å². The fourth-order valence-corrected chi connectivity index (χ4v) is 1.95. The maximum Gasteiger partial charge on any atom is 0.294 e. The molecule has 0 radical (unpaired) electrons. The third-order valence-electron chi connectivity index (χ3n) is 2.64. The highest BCUT2D eigenvalue weighted by Crippen LogP contribution is 2.08. The summed E-state index contributed by atoms with van der Waals surface area (Å²) >= 11 is 0. The van der Waals surface area contributed by atoms with E-state index in [2.05, 4.69) is 0 Å². The highest BCUT2D eigenvalue weighted by molar-refractivity contribution is 7.85. The summed E-state index contributed by atoms with van der Waals surface area (Å²) < 4.78 is 29.6. The number of benzene rings is 2. The standard InChI is InChI=1S/C8H11N.C7H8O3S/c1-7(9)8-5-3-2-4-6-8;1-6-2-4-7(5-3-6)11(8,9)10/h2-7H,9H2,1H3;2-5H,1H3,(H,8,9,10). The van der Waals surface area contributed by atoms with E-state index in [0.717, 1.165) is 5.56 Å². The molecule has 108 valence electrons. The molecule has 0 aliphatic carbocycles. The maximum absolute atomic E-state index is 10.5. The predicted molar refractivity (Wildman–Crippen MR) is 80.0 cm³/mol. The predicted octanol–water partition coefficient (Wildman–Crippen LogP) is 2.95. The summed E-state index contributed by atoms with van der Waals surface area (Å²) in [5, 5.41) is 0. The molecule has 0 aliphatic heterocycles. The minimum atomic E-state index is -4.02. The van der Waals surface area contributed by atoms with E-state index in [4.69, 9.17) is 10.3 Å². The molecule has 2 aromatic rings. The van der Waals surface area contributed by atoms with Gasteiger partial charge in [-0.3, -0.25) is 4.55 Å². The zero-order valence-corrected chi connectivity index (χ0v) is 12.3. The first-order valence-electron chi connectivity index (χ1n) is 6.15. The van der Waals surface area contributed by atoms with Crippen molar-refractivity contribution in [1.29, 1.82) is 0 Å². The lowest BCUT2D eigenvalue weighted by molar-refractivity contribution is 0.483. The SMILES string of the molecule is CC(N)c1ccccc1.Cc1ccc(S(=O)(=O)O)cc1. The molecule has 20 heavy (non-hydrogen) atoms. The summed E-state index contributed by atoms with van der Waals surface area (Å²) in [6.45, 7) is 3.82. The average molecular weight is 293 g/mol. The molecule has 0 aliphatic rings. The summed E-state index contributed by atoms with van der Waals surface area (Å²) in [4.78, 5) is -0.0666. The second-order valence-electron chi connectivity index (χ2n) is 4.49. The first-order valence-corrected chi connectivity index (χ1v) is 7.59. The zero-order chi connectivity index (χ0) is 15.2. The van der Waals surface area contributed by atoms with Gasteiger partial charge < -0.3 is 5.73 Å². The topological polar surface area (TPSA) is 80.4 Å². The number of hydrogen-bond acceptors (Lipinski definition) is 3. The first kappa shape index (κ1) is 16.4. The van der Waals surface area contributed by atoms with Gasteiger partial charge in [0.15, 0.2) is 0 Å². The molecule has 0 fully saturated rings. The third kappa shape index (κ3) is 5.52. The Kier molecular flexibility index (Phi) is 5.88. The van der Waals surface area contributed by atoms with Gasteiger partial charge in [-0.2, -0.15) is 8.42 Å². The highest BCUT2D eigenvalue weighted by atomic mass is 32.2. The van der Waals surface area contributed by atoms with E-state index in [-0.39, 0.29) is 10.9 Å². The van der Waals surface area contributed by atoms with E-state index in [1.54, 1.807) is 12.1 Å². The monoisotopic (exact) mass is 293 g/mol. The molecular weight excluding hydrogens is 274 g/mol. The molecule has 4 nitrogen and oxygen atoms in total. The van der Waals surface area contributed by atoms with E-state index in [1.165, 1.54) is 17.7 Å². The molecule has 0 aromatic heterocycles. The van der Waals surface area contributed by atoms with Crippen LogP contribution in [0.5, 0.6) is 0 Å². The lowest BCUT2D eigenvalue weighted by Crippen LogP contribution is -2.03. The highest BCUT2D eigenvalue weighted by Gasteiger charge is 2.06. The summed E-state index contributed by atoms with van der Waals surface area (Å²) in [6.07, 6.45) is 0. The van der Waals surface area contributed by atoms with Gasteiger partial charge in [-0.1, -0.05) is 48.0 Å². The van der Waals surface area contributed by atoms with Crippen LogP contribution >= 0.6 is 0 Å². The summed E-state index contributed by atoms with van der Waals surface area (Å²) in [5.41, 5.74) is 7.76. The number of aryl methyl sites for hydroxylation is 1. The molecule has 0 bridgehead atoms. The minimum absolute atomic E-state index is 0.0666. The smallest absolute Gasteiger partial charge is 0.294 e. The van der Waals surface area contributed by atoms with E-state index < -0.39 is 10.1 Å². The Morgan fingerprint density at radius 3 is 1.85 bits per heavy atom. The molecule has 1 unspecified atom stereocenters. The van der Waals surface area contributed by atoms with Crippen molar-refractivity contribution in [3.8, 4) is 0 Å². The van der Waals surface area contributed by atoms with Gasteiger partial charge in [-0.05, 0) is 31.5 Å². The molecule has 0 amide bonds. The van der Waals surface area contributed by atoms with Gasteiger partial charge in [0.25, 0.3) is 10.1 Å². The minimum Gasteiger partial charge on any atom is -0.324 e. The third-order valence-corrected chi connectivity index (χ3v) is 3.51. The number of nitrogens with two attached hydrogens (primary N) is 1. The van der Waals surface area contributed by atoms with E-state index in [9.17, 15) is 8.42 Å². The largest absolute Gasteiger partial charge is 0.324 e. The van der Waals surface area contributed by atoms with Gasteiger partial charge in [0, 0.05) is 6.04 Å². The molecule has 2 aromatic carbocycles. The Morgan fingerprint density at radius 1 is 1.00 bits per heavy atom. The van der Waals surface area contributed by atoms with Crippen molar-refractivity contribution in [2.75, 3.05) is 0 Å². The van der Waals surface area contributed by atoms with Crippen LogP contribution in [0.4, 0.5) is 0 Å². The van der Waals surface area contributed by atoms with Crippen molar-refractivity contribution in [2.24, 2.45) is 5.73 Å². The second-order valence-corrected chi connectivity index (χ2v) is 5.91. The van der Waals surface area contributed by atoms with Crippen molar-refractivity contribution < 1.29 is 13.0 Å². The van der Waals surface area contributed by atoms with Gasteiger partial charge in [-0.15, -0.1) is 0 Å². The van der Waals surface area contributed by atoms with Crippen molar-refractivity contribution in [1.82, 2.24) is 0 Å². The van der Waals surface area contributed by atoms with Crippen LogP contribution in [-0.2, 0) is 10.1 Å². The van der Waals surface area contributed by atoms with E-state index in [0.29, 0.717) is 0 Å². The molecule has 0 heterocycles. The molecule has 5 heteroatoms. The summed E-state index contributed by atoms with van der Waals surface area (Å²) in [7, 11) is -4.02. The number of rotatable bonds is 2. The second kappa shape index (κ2) is 7.19. The van der Waals surface area contributed by atoms with Crippen molar-refractivity contribution in [3.63, 3.8) is 0 Å². The van der Waals surface area contributed by atoms with Crippen molar-refractivity contribution >= 4 is 10.1 Å². The van der Waals surface area contributed by atoms with Gasteiger partial charge >= 0.3 is 0 Å². The molecule has 1 atom stereocenters. The van der Waals surface area contributed by atoms with Crippen LogP contribution < -0.4 is 5.73 Å². The maximum atomic E-state index is 10.5. The fourth-order valence-electron chi connectivity index (χ4n) is 1.47. The Morgan fingerprint density at radius 2 is 1.50 bits per heavy atom. The average Bonchev–Trinajstić information content (AvgIpc) is 2.40. The van der Waals surface area contributed by atoms with Crippen LogP contribution in [0, 0.1) is 6.92 Å². The Hall–Kier alpha value is -1.69. The molecule has 0 saturated heterocycles. The lowest BCUT2D eigenvalue weighted by Gasteiger charge is -2.02. The van der Waals surface area contributed by atoms with Gasteiger partial charge in [-0.25, -0.2) is 0 Å². The quantitative estimate of drug-likeness (QED) is 0.834. The Labute approximate surface area is 120 Å². The van der Waals surface area contributed by atoms with E-state index in [1.807, 2.05) is 44.2 Å². The van der Waals surface area contributed by atoms with Gasteiger partial charge in [0.1, 0.15) is 0 Å². The van der Waals surface area contributed by atoms with Crippen LogP contribution in [0.15, 0.2) is 59.5 Å². The molecule has 2 rings (SSSR count). The van der Waals surface area contributed by atoms with Crippen LogP contribution in [-0.4, -0.2) is 13.0 Å². The van der Waals surface area contributed by atoms with Gasteiger partial charge in [0.05, 0.1) is 4.90 Å². The normalized spacial score (nSPS) is 12.2. The van der Waals surface area contributed by atoms with E-state index >= 15 is 0 Å². The van der Waals surface area contributed by atoms with Crippen molar-refractivity contribution in [3.05, 3.63) is 65.7 Å². The van der Waals surface area contributed by atoms with Crippen LogP contribution in [0.3, 0.4) is 0 Å². The van der Waals surface area contributed by atoms with Crippen LogP contribution in [0.1, 0.15) is 24.1 Å². The molecule has 0 spiro atoms. The molecular formula is C15H19NO3S. The zero-order valence-electron chi connectivity index (χ0n) is 11.5. The molecule has 0 saturated carbocycles. The first-order chi connectivity index (χ1) is 9.30. The van der Waals surface area contributed by atoms with Gasteiger partial charge in [0.2, 0.25) is 0 Å². The molecule has 3 N–H and O–H groups in total. The fraction of sp³-hybridized carbons (Fsp3) is 0.200. The summed E-state index contributed by atoms with van der Waals surface area (Å²) in [5.74, 6) is 0. The Bertz CT molecular complexity index is 620. The Balaban J connectivity index is 0.000000204.